The van der Waals surface area contributed by atoms with E-state index in [1.807, 2.05) is 73.1 Å². The molecule has 0 aliphatic heterocycles. The van der Waals surface area contributed by atoms with Crippen molar-refractivity contribution in [2.75, 3.05) is 19.3 Å². The molecule has 0 radical (unpaired) electrons. The summed E-state index contributed by atoms with van der Waals surface area (Å²) in [5.41, 5.74) is 0. The first-order valence-electron chi connectivity index (χ1n) is 11.1. The van der Waals surface area contributed by atoms with E-state index in [1.165, 1.54) is 0 Å². The first-order valence-corrected chi connectivity index (χ1v) is 13.5. The molecular formula is C27H32NO3P. The molecule has 0 unspecified atom stereocenters. The van der Waals surface area contributed by atoms with E-state index in [1.54, 1.807) is 6.92 Å². The summed E-state index contributed by atoms with van der Waals surface area (Å²) in [4.78, 5) is 26.8. The second kappa shape index (κ2) is 10.1. The summed E-state index contributed by atoms with van der Waals surface area (Å²) in [6.07, 6.45) is 0.564. The van der Waals surface area contributed by atoms with Crippen LogP contribution >= 0.6 is 6.75 Å². The van der Waals surface area contributed by atoms with Crippen molar-refractivity contribution in [2.24, 2.45) is 0 Å². The molecule has 0 aliphatic carbocycles. The maximum atomic E-state index is 13.7. The van der Waals surface area contributed by atoms with E-state index in [4.69, 9.17) is 4.74 Å². The first kappa shape index (κ1) is 23.7. The fourth-order valence-corrected chi connectivity index (χ4v) is 11.6. The molecule has 168 valence electrons. The summed E-state index contributed by atoms with van der Waals surface area (Å²) in [7, 11) is 0. The van der Waals surface area contributed by atoms with Crippen molar-refractivity contribution in [1.82, 2.24) is 4.67 Å². The number of benzene rings is 3. The van der Waals surface area contributed by atoms with Crippen LogP contribution in [0.15, 0.2) is 91.0 Å². The number of nitrogens with zero attached hydrogens (tertiary/aromatic N) is 1. The monoisotopic (exact) mass is 449 g/mol. The first-order chi connectivity index (χ1) is 15.5. The van der Waals surface area contributed by atoms with Gasteiger partial charge in [-0.25, -0.2) is 0 Å². The molecule has 4 nitrogen and oxygen atoms in total. The Hall–Kier alpha value is -2.97. The van der Waals surface area contributed by atoms with Gasteiger partial charge in [0, 0.05) is 0 Å². The van der Waals surface area contributed by atoms with Gasteiger partial charge < -0.3 is 0 Å². The van der Waals surface area contributed by atoms with Gasteiger partial charge in [-0.2, -0.15) is 0 Å². The van der Waals surface area contributed by atoms with Gasteiger partial charge >= 0.3 is 191 Å². The molecule has 0 fully saturated rings. The summed E-state index contributed by atoms with van der Waals surface area (Å²) < 4.78 is 7.54. The molecule has 0 bridgehead atoms. The standard InChI is InChI=1S/C27H32NO3P/c1-4-21-28(27(30)31-5-2)32(22-23(3)29,24-15-9-6-10-16-24,25-17-11-7-12-18-25)26-19-13-8-14-20-26/h6-20H,4-5,21-22H2,1-3H3. The fourth-order valence-electron chi connectivity index (χ4n) is 4.81. The molecule has 3 rings (SSSR count). The minimum atomic E-state index is -3.81. The molecule has 3 aromatic carbocycles. The number of hydrogen-bond donors (Lipinski definition) is 0. The summed E-state index contributed by atoms with van der Waals surface area (Å²) in [6.45, 7) is 2.41. The van der Waals surface area contributed by atoms with Gasteiger partial charge in [-0.3, -0.25) is 0 Å². The normalized spacial score (nSPS) is 12.4. The Morgan fingerprint density at radius 2 is 1.16 bits per heavy atom. The van der Waals surface area contributed by atoms with Gasteiger partial charge in [0.2, 0.25) is 0 Å². The van der Waals surface area contributed by atoms with Gasteiger partial charge in [-0.05, 0) is 0 Å². The van der Waals surface area contributed by atoms with Crippen molar-refractivity contribution >= 4 is 34.5 Å². The fraction of sp³-hybridized carbons (Fsp3) is 0.259. The minimum absolute atomic E-state index is 0.0321. The Morgan fingerprint density at radius 3 is 1.47 bits per heavy atom. The molecule has 0 saturated carbocycles. The van der Waals surface area contributed by atoms with Gasteiger partial charge in [0.05, 0.1) is 0 Å². The van der Waals surface area contributed by atoms with Crippen LogP contribution in [0.3, 0.4) is 0 Å². The van der Waals surface area contributed by atoms with E-state index in [-0.39, 0.29) is 24.6 Å². The zero-order chi connectivity index (χ0) is 23.1. The van der Waals surface area contributed by atoms with E-state index >= 15 is 0 Å². The third kappa shape index (κ3) is 3.84. The second-order valence-electron chi connectivity index (χ2n) is 7.94. The number of hydrogen-bond acceptors (Lipinski definition) is 3. The number of ether oxygens (including phenoxy) is 1. The van der Waals surface area contributed by atoms with Crippen molar-refractivity contribution in [2.45, 2.75) is 27.2 Å². The summed E-state index contributed by atoms with van der Waals surface area (Å²) in [5.74, 6) is 0.0321. The van der Waals surface area contributed by atoms with E-state index in [0.29, 0.717) is 6.54 Å². The van der Waals surface area contributed by atoms with Crippen LogP contribution < -0.4 is 15.9 Å². The quantitative estimate of drug-likeness (QED) is 0.437. The Morgan fingerprint density at radius 1 is 0.750 bits per heavy atom. The summed E-state index contributed by atoms with van der Waals surface area (Å²) >= 11 is 0. The van der Waals surface area contributed by atoms with Crippen molar-refractivity contribution in [3.8, 4) is 0 Å². The molecule has 1 amide bonds. The van der Waals surface area contributed by atoms with Crippen molar-refractivity contribution in [3.05, 3.63) is 91.0 Å². The van der Waals surface area contributed by atoms with E-state index in [9.17, 15) is 9.59 Å². The average Bonchev–Trinajstić information content (AvgIpc) is 2.83. The van der Waals surface area contributed by atoms with Crippen LogP contribution in [-0.4, -0.2) is 35.9 Å². The summed E-state index contributed by atoms with van der Waals surface area (Å²) in [6, 6.07) is 30.2. The van der Waals surface area contributed by atoms with Crippen LogP contribution in [0.4, 0.5) is 4.79 Å². The number of rotatable bonds is 9. The van der Waals surface area contributed by atoms with Crippen LogP contribution in [0.2, 0.25) is 0 Å². The Balaban J connectivity index is 2.62. The average molecular weight is 450 g/mol. The number of carbonyl (C=O) groups excluding carboxylic acids is 2. The van der Waals surface area contributed by atoms with Crippen LogP contribution in [0.25, 0.3) is 0 Å². The molecule has 0 saturated heterocycles. The molecule has 5 heteroatoms. The van der Waals surface area contributed by atoms with Crippen molar-refractivity contribution < 1.29 is 14.3 Å². The third-order valence-electron chi connectivity index (χ3n) is 5.91. The number of Topliss-reactive ketones (excluding diaryl/α,β-unsaturated/α-hetero) is 1. The van der Waals surface area contributed by atoms with E-state index in [2.05, 4.69) is 36.4 Å². The second-order valence-corrected chi connectivity index (χ2v) is 12.8. The van der Waals surface area contributed by atoms with Crippen LogP contribution in [0, 0.1) is 0 Å². The molecule has 0 aromatic heterocycles. The Labute approximate surface area is 191 Å². The molecule has 0 N–H and O–H groups in total. The molecule has 0 spiro atoms. The molecular weight excluding hydrogens is 417 g/mol. The number of ketones is 1. The van der Waals surface area contributed by atoms with Crippen LogP contribution in [0.5, 0.6) is 0 Å². The van der Waals surface area contributed by atoms with Gasteiger partial charge in [0.25, 0.3) is 0 Å². The predicted molar refractivity (Wildman–Crippen MR) is 135 cm³/mol. The summed E-state index contributed by atoms with van der Waals surface area (Å²) in [5, 5.41) is 2.94. The Kier molecular flexibility index (Phi) is 7.48. The van der Waals surface area contributed by atoms with Crippen LogP contribution in [0.1, 0.15) is 27.2 Å². The Bertz CT molecular complexity index is 939. The van der Waals surface area contributed by atoms with E-state index in [0.717, 1.165) is 22.3 Å². The van der Waals surface area contributed by atoms with Gasteiger partial charge in [-0.1, -0.05) is 0 Å². The number of carbonyl (C=O) groups is 2. The van der Waals surface area contributed by atoms with Gasteiger partial charge in [-0.15, -0.1) is 0 Å². The predicted octanol–water partition coefficient (Wildman–Crippen LogP) is 4.89. The molecule has 32 heavy (non-hydrogen) atoms. The zero-order valence-electron chi connectivity index (χ0n) is 19.1. The van der Waals surface area contributed by atoms with Crippen molar-refractivity contribution in [3.63, 3.8) is 0 Å². The molecule has 0 aliphatic rings. The molecule has 0 atom stereocenters. The molecule has 0 heterocycles. The molecule has 3 aromatic rings. The topological polar surface area (TPSA) is 46.6 Å². The van der Waals surface area contributed by atoms with Gasteiger partial charge in [0.15, 0.2) is 0 Å². The van der Waals surface area contributed by atoms with E-state index < -0.39 is 6.75 Å². The number of amides is 1. The van der Waals surface area contributed by atoms with Crippen LogP contribution in [-0.2, 0) is 9.53 Å². The third-order valence-corrected chi connectivity index (χ3v) is 12.6. The van der Waals surface area contributed by atoms with Gasteiger partial charge in [0.1, 0.15) is 0 Å². The zero-order valence-corrected chi connectivity index (χ0v) is 20.0. The SMILES string of the molecule is CCCN(C(=O)OCC)P(CC(C)=O)(c1ccccc1)(c1ccccc1)c1ccccc1. The van der Waals surface area contributed by atoms with Crippen molar-refractivity contribution in [1.29, 1.82) is 0 Å². The maximum absolute atomic E-state index is 13.7.